The first-order valence-corrected chi connectivity index (χ1v) is 6.62. The Bertz CT molecular complexity index is 641. The normalized spacial score (nSPS) is 10.1. The van der Waals surface area contributed by atoms with Gasteiger partial charge in [-0.3, -0.25) is 14.9 Å². The van der Waals surface area contributed by atoms with Gasteiger partial charge < -0.3 is 5.32 Å². The summed E-state index contributed by atoms with van der Waals surface area (Å²) in [5, 5.41) is 13.6. The molecule has 0 unspecified atom stereocenters. The van der Waals surface area contributed by atoms with Crippen LogP contribution in [-0.2, 0) is 0 Å². The van der Waals surface area contributed by atoms with Crippen LogP contribution in [0.5, 0.6) is 0 Å². The number of hydrogen-bond acceptors (Lipinski definition) is 4. The quantitative estimate of drug-likeness (QED) is 0.514. The van der Waals surface area contributed by atoms with Gasteiger partial charge in [0.05, 0.1) is 11.5 Å². The van der Waals surface area contributed by atoms with Crippen LogP contribution in [0.4, 0.5) is 11.4 Å². The summed E-state index contributed by atoms with van der Waals surface area (Å²) in [5.41, 5.74) is 1.05. The first-order valence-electron chi connectivity index (χ1n) is 5.83. The Morgan fingerprint density at radius 2 is 1.90 bits per heavy atom. The minimum Gasteiger partial charge on any atom is -0.378 e. The smallest absolute Gasteiger partial charge is 0.270 e. The van der Waals surface area contributed by atoms with E-state index in [4.69, 9.17) is 0 Å². The van der Waals surface area contributed by atoms with Crippen molar-refractivity contribution in [3.05, 3.63) is 68.7 Å². The summed E-state index contributed by atoms with van der Waals surface area (Å²) in [7, 11) is 0. The second-order valence-corrected chi connectivity index (χ2v) is 5.01. The Morgan fingerprint density at radius 1 is 1.20 bits per heavy atom. The number of non-ortho nitro benzene ring substituents is 1. The molecule has 0 aromatic heterocycles. The standard InChI is InChI=1S/C14H11BrN2O3/c15-11-4-6-12(7-5-11)16-9-14(18)10-2-1-3-13(8-10)17(19)20/h1-8,16H,9H2. The Balaban J connectivity index is 2.03. The number of nitrogens with one attached hydrogen (secondary N) is 1. The summed E-state index contributed by atoms with van der Waals surface area (Å²) in [6, 6.07) is 13.1. The molecule has 1 N–H and O–H groups in total. The van der Waals surface area contributed by atoms with Crippen molar-refractivity contribution >= 4 is 33.1 Å². The lowest BCUT2D eigenvalue weighted by Gasteiger charge is -2.05. The summed E-state index contributed by atoms with van der Waals surface area (Å²) < 4.78 is 0.952. The van der Waals surface area contributed by atoms with Crippen LogP contribution >= 0.6 is 15.9 Å². The van der Waals surface area contributed by atoms with E-state index in [1.807, 2.05) is 24.3 Å². The number of nitro benzene ring substituents is 1. The van der Waals surface area contributed by atoms with Gasteiger partial charge in [0, 0.05) is 27.9 Å². The molecule has 2 rings (SSSR count). The van der Waals surface area contributed by atoms with Crippen LogP contribution in [-0.4, -0.2) is 17.3 Å². The first-order chi connectivity index (χ1) is 9.56. The molecule has 6 heteroatoms. The third kappa shape index (κ3) is 3.64. The lowest BCUT2D eigenvalue weighted by atomic mass is 10.1. The SMILES string of the molecule is O=C(CNc1ccc(Br)cc1)c1cccc([N+](=O)[O-])c1. The number of nitrogens with zero attached hydrogens (tertiary/aromatic N) is 1. The molecule has 0 fully saturated rings. The highest BCUT2D eigenvalue weighted by molar-refractivity contribution is 9.10. The highest BCUT2D eigenvalue weighted by atomic mass is 79.9. The van der Waals surface area contributed by atoms with Gasteiger partial charge >= 0.3 is 0 Å². The molecule has 5 nitrogen and oxygen atoms in total. The van der Waals surface area contributed by atoms with Gasteiger partial charge in [-0.25, -0.2) is 0 Å². The first kappa shape index (κ1) is 14.2. The Hall–Kier alpha value is -2.21. The number of nitro groups is 1. The van der Waals surface area contributed by atoms with Crippen molar-refractivity contribution in [2.45, 2.75) is 0 Å². The maximum atomic E-state index is 12.0. The van der Waals surface area contributed by atoms with Gasteiger partial charge in [0.2, 0.25) is 0 Å². The largest absolute Gasteiger partial charge is 0.378 e. The van der Waals surface area contributed by atoms with Crippen molar-refractivity contribution in [3.8, 4) is 0 Å². The third-order valence-corrected chi connectivity index (χ3v) is 3.20. The maximum absolute atomic E-state index is 12.0. The minimum absolute atomic E-state index is 0.0838. The van der Waals surface area contributed by atoms with Gasteiger partial charge in [0.15, 0.2) is 5.78 Å². The fourth-order valence-electron chi connectivity index (χ4n) is 1.65. The molecular formula is C14H11BrN2O3. The molecule has 0 aliphatic rings. The van der Waals surface area contributed by atoms with E-state index in [9.17, 15) is 14.9 Å². The van der Waals surface area contributed by atoms with E-state index >= 15 is 0 Å². The number of ketones is 1. The highest BCUT2D eigenvalue weighted by Gasteiger charge is 2.11. The second-order valence-electron chi connectivity index (χ2n) is 4.09. The summed E-state index contributed by atoms with van der Waals surface area (Å²) >= 11 is 3.33. The maximum Gasteiger partial charge on any atom is 0.270 e. The van der Waals surface area contributed by atoms with Crippen molar-refractivity contribution < 1.29 is 9.72 Å². The van der Waals surface area contributed by atoms with Crippen LogP contribution in [0, 0.1) is 10.1 Å². The lowest BCUT2D eigenvalue weighted by Crippen LogP contribution is -2.14. The van der Waals surface area contributed by atoms with Gasteiger partial charge in [-0.1, -0.05) is 28.1 Å². The predicted octanol–water partition coefficient (Wildman–Crippen LogP) is 3.65. The van der Waals surface area contributed by atoms with E-state index in [1.54, 1.807) is 6.07 Å². The lowest BCUT2D eigenvalue weighted by molar-refractivity contribution is -0.384. The molecule has 102 valence electrons. The molecule has 0 spiro atoms. The van der Waals surface area contributed by atoms with E-state index < -0.39 is 4.92 Å². The number of carbonyl (C=O) groups is 1. The molecular weight excluding hydrogens is 324 g/mol. The van der Waals surface area contributed by atoms with Crippen molar-refractivity contribution in [1.29, 1.82) is 0 Å². The van der Waals surface area contributed by atoms with E-state index in [1.165, 1.54) is 18.2 Å². The van der Waals surface area contributed by atoms with Crippen molar-refractivity contribution in [2.24, 2.45) is 0 Å². The number of Topliss-reactive ketones (excluding diaryl/α,β-unsaturated/α-hetero) is 1. The van der Waals surface area contributed by atoms with Crippen LogP contribution in [0.25, 0.3) is 0 Å². The summed E-state index contributed by atoms with van der Waals surface area (Å²) in [5.74, 6) is -0.198. The van der Waals surface area contributed by atoms with E-state index in [-0.39, 0.29) is 18.0 Å². The number of anilines is 1. The average molecular weight is 335 g/mol. The second kappa shape index (κ2) is 6.29. The van der Waals surface area contributed by atoms with Crippen molar-refractivity contribution in [2.75, 3.05) is 11.9 Å². The average Bonchev–Trinajstić information content (AvgIpc) is 2.46. The Kier molecular flexibility index (Phi) is 4.47. The molecule has 0 amide bonds. The zero-order valence-corrected chi connectivity index (χ0v) is 12.0. The molecule has 0 heterocycles. The van der Waals surface area contributed by atoms with Crippen LogP contribution in [0.3, 0.4) is 0 Å². The number of rotatable bonds is 5. The van der Waals surface area contributed by atoms with Crippen molar-refractivity contribution in [1.82, 2.24) is 0 Å². The zero-order chi connectivity index (χ0) is 14.5. The Labute approximate surface area is 123 Å². The van der Waals surface area contributed by atoms with Gasteiger partial charge in [0.25, 0.3) is 5.69 Å². The fraction of sp³-hybridized carbons (Fsp3) is 0.0714. The van der Waals surface area contributed by atoms with Gasteiger partial charge in [-0.15, -0.1) is 0 Å². The van der Waals surface area contributed by atoms with Gasteiger partial charge in [0.1, 0.15) is 0 Å². The molecule has 20 heavy (non-hydrogen) atoms. The third-order valence-electron chi connectivity index (χ3n) is 2.68. The monoisotopic (exact) mass is 334 g/mol. The fourth-order valence-corrected chi connectivity index (χ4v) is 1.91. The van der Waals surface area contributed by atoms with Crippen molar-refractivity contribution in [3.63, 3.8) is 0 Å². The molecule has 0 aliphatic carbocycles. The van der Waals surface area contributed by atoms with Crippen LogP contribution in [0.1, 0.15) is 10.4 Å². The van der Waals surface area contributed by atoms with Crippen LogP contribution in [0.2, 0.25) is 0 Å². The summed E-state index contributed by atoms with van der Waals surface area (Å²) in [4.78, 5) is 22.1. The van der Waals surface area contributed by atoms with Crippen LogP contribution in [0.15, 0.2) is 53.0 Å². The molecule has 0 atom stereocenters. The minimum atomic E-state index is -0.515. The molecule has 0 bridgehead atoms. The molecule has 0 saturated heterocycles. The number of benzene rings is 2. The zero-order valence-electron chi connectivity index (χ0n) is 10.4. The van der Waals surface area contributed by atoms with Gasteiger partial charge in [-0.2, -0.15) is 0 Å². The highest BCUT2D eigenvalue weighted by Crippen LogP contribution is 2.16. The molecule has 2 aromatic carbocycles. The van der Waals surface area contributed by atoms with E-state index in [2.05, 4.69) is 21.2 Å². The molecule has 2 aromatic rings. The predicted molar refractivity (Wildman–Crippen MR) is 80.1 cm³/mol. The molecule has 0 aliphatic heterocycles. The van der Waals surface area contributed by atoms with Crippen LogP contribution < -0.4 is 5.32 Å². The topological polar surface area (TPSA) is 72.2 Å². The van der Waals surface area contributed by atoms with E-state index in [0.717, 1.165) is 10.2 Å². The molecule has 0 radical (unpaired) electrons. The number of carbonyl (C=O) groups excluding carboxylic acids is 1. The van der Waals surface area contributed by atoms with Gasteiger partial charge in [-0.05, 0) is 24.3 Å². The molecule has 0 saturated carbocycles. The summed E-state index contributed by atoms with van der Waals surface area (Å²) in [6.07, 6.45) is 0. The van der Waals surface area contributed by atoms with E-state index in [0.29, 0.717) is 5.56 Å². The number of hydrogen-bond donors (Lipinski definition) is 1. The number of halogens is 1. The Morgan fingerprint density at radius 3 is 2.55 bits per heavy atom. The summed E-state index contributed by atoms with van der Waals surface area (Å²) in [6.45, 7) is 0.0861.